The Kier molecular flexibility index (Phi) is 8.03. The Bertz CT molecular complexity index is 665. The second-order valence-corrected chi connectivity index (χ2v) is 8.94. The maximum atomic E-state index is 13.1. The first-order valence-electron chi connectivity index (χ1n) is 9.26. The van der Waals surface area contributed by atoms with Crippen LogP contribution >= 0.6 is 24.0 Å². The molecule has 1 fully saturated rings. The smallest absolute Gasteiger partial charge is 0.303 e. The van der Waals surface area contributed by atoms with E-state index in [4.69, 9.17) is 26.4 Å². The average molecular weight is 430 g/mol. The van der Waals surface area contributed by atoms with Gasteiger partial charge in [0.05, 0.1) is 12.0 Å². The fourth-order valence-corrected chi connectivity index (χ4v) is 4.77. The molecule has 0 aromatic carbocycles. The summed E-state index contributed by atoms with van der Waals surface area (Å²) < 4.78 is 16.8. The summed E-state index contributed by atoms with van der Waals surface area (Å²) in [6.07, 6.45) is 1.50. The molecule has 1 amide bonds. The molecule has 0 unspecified atom stereocenters. The van der Waals surface area contributed by atoms with Gasteiger partial charge < -0.3 is 14.2 Å². The van der Waals surface area contributed by atoms with E-state index in [1.54, 1.807) is 24.0 Å². The van der Waals surface area contributed by atoms with E-state index in [0.29, 0.717) is 4.32 Å². The fraction of sp³-hybridized carbons (Fsp3) is 0.684. The highest BCUT2D eigenvalue weighted by atomic mass is 32.2. The number of thiocarbonyl (C=S) groups is 1. The van der Waals surface area contributed by atoms with Crippen LogP contribution in [0.2, 0.25) is 0 Å². The second-order valence-electron chi connectivity index (χ2n) is 7.29. The van der Waals surface area contributed by atoms with Gasteiger partial charge in [-0.3, -0.25) is 19.3 Å². The van der Waals surface area contributed by atoms with Crippen molar-refractivity contribution in [2.75, 3.05) is 12.4 Å². The molecule has 2 aliphatic heterocycles. The number of nitrogens with zero attached hydrogens (tertiary/aromatic N) is 1. The molecule has 2 heterocycles. The number of carbonyl (C=O) groups excluding carboxylic acids is 3. The quantitative estimate of drug-likeness (QED) is 0.361. The van der Waals surface area contributed by atoms with Gasteiger partial charge in [0.15, 0.2) is 0 Å². The Morgan fingerprint density at radius 3 is 2.50 bits per heavy atom. The highest BCUT2D eigenvalue weighted by Gasteiger charge is 2.41. The number of hydrogen-bond acceptors (Lipinski definition) is 8. The molecule has 0 bridgehead atoms. The van der Waals surface area contributed by atoms with E-state index in [2.05, 4.69) is 13.8 Å². The van der Waals surface area contributed by atoms with Gasteiger partial charge >= 0.3 is 11.9 Å². The minimum absolute atomic E-state index is 0.0608. The molecule has 1 saturated heterocycles. The van der Waals surface area contributed by atoms with Gasteiger partial charge in [-0.25, -0.2) is 0 Å². The molecule has 0 aromatic heterocycles. The van der Waals surface area contributed by atoms with Crippen molar-refractivity contribution in [2.45, 2.75) is 59.0 Å². The van der Waals surface area contributed by atoms with Gasteiger partial charge in [-0.05, 0) is 12.0 Å². The molecule has 9 heteroatoms. The lowest BCUT2D eigenvalue weighted by molar-refractivity contribution is -0.168. The van der Waals surface area contributed by atoms with E-state index in [-0.39, 0.29) is 24.5 Å². The number of carbonyl (C=O) groups is 3. The number of rotatable bonds is 6. The van der Waals surface area contributed by atoms with Crippen molar-refractivity contribution >= 4 is 46.1 Å². The average Bonchev–Trinajstić information content (AvgIpc) is 3.00. The first-order valence-corrected chi connectivity index (χ1v) is 10.6. The van der Waals surface area contributed by atoms with Crippen molar-refractivity contribution in [3.63, 3.8) is 0 Å². The molecular weight excluding hydrogens is 402 g/mol. The van der Waals surface area contributed by atoms with Crippen molar-refractivity contribution in [3.8, 4) is 0 Å². The van der Waals surface area contributed by atoms with Crippen LogP contribution in [-0.4, -0.2) is 63.8 Å². The van der Waals surface area contributed by atoms with Crippen LogP contribution in [0.4, 0.5) is 0 Å². The molecule has 156 valence electrons. The van der Waals surface area contributed by atoms with E-state index in [1.807, 2.05) is 0 Å². The predicted molar refractivity (Wildman–Crippen MR) is 110 cm³/mol. The number of ether oxygens (including phenoxy) is 3. The van der Waals surface area contributed by atoms with E-state index < -0.39 is 36.2 Å². The molecule has 2 aliphatic rings. The molecule has 5 atom stereocenters. The Morgan fingerprint density at radius 2 is 1.93 bits per heavy atom. The lowest BCUT2D eigenvalue weighted by atomic mass is 9.96. The Balaban J connectivity index is 2.14. The van der Waals surface area contributed by atoms with E-state index in [1.165, 1.54) is 25.6 Å². The first-order chi connectivity index (χ1) is 13.1. The number of amides is 1. The van der Waals surface area contributed by atoms with Crippen LogP contribution in [0, 0.1) is 11.8 Å². The van der Waals surface area contributed by atoms with Crippen molar-refractivity contribution in [1.82, 2.24) is 4.90 Å². The monoisotopic (exact) mass is 429 g/mol. The molecule has 2 rings (SSSR count). The van der Waals surface area contributed by atoms with Gasteiger partial charge in [0.25, 0.3) is 0 Å². The number of thioether (sulfide) groups is 1. The zero-order valence-electron chi connectivity index (χ0n) is 16.7. The third kappa shape index (κ3) is 5.55. The molecule has 0 aliphatic carbocycles. The minimum Gasteiger partial charge on any atom is -0.463 e. The SMILES string of the molecule is CC(=O)OC[C@H]1O[C@H]([C@@H](C)C(=O)N2C(=S)SC[C@@H]2C(C)C)C=C[C@H]1OC(C)=O. The second kappa shape index (κ2) is 9.84. The van der Waals surface area contributed by atoms with Gasteiger partial charge in [0, 0.05) is 25.6 Å². The molecule has 0 spiro atoms. The molecule has 0 saturated carbocycles. The molecule has 0 N–H and O–H groups in total. The van der Waals surface area contributed by atoms with Gasteiger partial charge in [0.2, 0.25) is 5.91 Å². The lowest BCUT2D eigenvalue weighted by Gasteiger charge is -2.36. The van der Waals surface area contributed by atoms with Crippen LogP contribution in [0.1, 0.15) is 34.6 Å². The summed E-state index contributed by atoms with van der Waals surface area (Å²) >= 11 is 6.90. The summed E-state index contributed by atoms with van der Waals surface area (Å²) in [7, 11) is 0. The summed E-state index contributed by atoms with van der Waals surface area (Å²) in [6, 6.07) is 0.0608. The number of esters is 2. The summed E-state index contributed by atoms with van der Waals surface area (Å²) in [5, 5.41) is 0. The summed E-state index contributed by atoms with van der Waals surface area (Å²) in [5.74, 6) is -0.433. The van der Waals surface area contributed by atoms with Crippen molar-refractivity contribution in [2.24, 2.45) is 11.8 Å². The fourth-order valence-electron chi connectivity index (χ4n) is 3.13. The molecular formula is C19H27NO6S2. The minimum atomic E-state index is -0.682. The van der Waals surface area contributed by atoms with Gasteiger partial charge in [0.1, 0.15) is 23.1 Å². The van der Waals surface area contributed by atoms with Crippen LogP contribution in [0.15, 0.2) is 12.2 Å². The molecule has 0 radical (unpaired) electrons. The van der Waals surface area contributed by atoms with Crippen LogP contribution in [0.5, 0.6) is 0 Å². The topological polar surface area (TPSA) is 82.1 Å². The standard InChI is InChI=1S/C19H27NO6S2/c1-10(2)14-9-28-19(27)20(14)18(23)11(3)15-6-7-16(25-13(5)22)17(26-15)8-24-12(4)21/h6-7,10-11,14-17H,8-9H2,1-5H3/t11-,14-,15+,16-,17-/m1/s1. The normalized spacial score (nSPS) is 28.4. The number of hydrogen-bond donors (Lipinski definition) is 0. The van der Waals surface area contributed by atoms with E-state index >= 15 is 0 Å². The predicted octanol–water partition coefficient (Wildman–Crippen LogP) is 2.33. The molecule has 28 heavy (non-hydrogen) atoms. The summed E-state index contributed by atoms with van der Waals surface area (Å²) in [5.41, 5.74) is 0. The largest absolute Gasteiger partial charge is 0.463 e. The summed E-state index contributed by atoms with van der Waals surface area (Å²) in [6.45, 7) is 8.45. The zero-order valence-corrected chi connectivity index (χ0v) is 18.4. The first kappa shape index (κ1) is 22.8. The molecule has 0 aromatic rings. The Morgan fingerprint density at radius 1 is 1.25 bits per heavy atom. The van der Waals surface area contributed by atoms with Crippen LogP contribution in [0.3, 0.4) is 0 Å². The highest BCUT2D eigenvalue weighted by molar-refractivity contribution is 8.23. The van der Waals surface area contributed by atoms with Crippen molar-refractivity contribution < 1.29 is 28.6 Å². The van der Waals surface area contributed by atoms with Crippen LogP contribution in [-0.2, 0) is 28.6 Å². The van der Waals surface area contributed by atoms with Crippen molar-refractivity contribution in [3.05, 3.63) is 12.2 Å². The molecule has 7 nitrogen and oxygen atoms in total. The van der Waals surface area contributed by atoms with Gasteiger partial charge in [-0.2, -0.15) is 0 Å². The highest BCUT2D eigenvalue weighted by Crippen LogP contribution is 2.32. The van der Waals surface area contributed by atoms with Crippen LogP contribution < -0.4 is 0 Å². The Hall–Kier alpha value is -1.45. The van der Waals surface area contributed by atoms with E-state index in [9.17, 15) is 14.4 Å². The van der Waals surface area contributed by atoms with Crippen LogP contribution in [0.25, 0.3) is 0 Å². The summed E-state index contributed by atoms with van der Waals surface area (Å²) in [4.78, 5) is 37.3. The third-order valence-corrected chi connectivity index (χ3v) is 6.24. The zero-order chi connectivity index (χ0) is 21.0. The maximum Gasteiger partial charge on any atom is 0.303 e. The van der Waals surface area contributed by atoms with E-state index in [0.717, 1.165) is 5.75 Å². The lowest BCUT2D eigenvalue weighted by Crippen LogP contribution is -2.49. The third-order valence-electron chi connectivity index (χ3n) is 4.74. The van der Waals surface area contributed by atoms with Gasteiger partial charge in [-0.15, -0.1) is 0 Å². The van der Waals surface area contributed by atoms with Crippen molar-refractivity contribution in [1.29, 1.82) is 0 Å². The van der Waals surface area contributed by atoms with Gasteiger partial charge in [-0.1, -0.05) is 50.8 Å². The Labute approximate surface area is 175 Å². The maximum absolute atomic E-state index is 13.1.